The Morgan fingerprint density at radius 2 is 1.65 bits per heavy atom. The molecule has 0 aliphatic heterocycles. The fourth-order valence-electron chi connectivity index (χ4n) is 3.91. The number of benzene rings is 3. The highest BCUT2D eigenvalue weighted by Gasteiger charge is 2.30. The number of nitrogens with one attached hydrogen (secondary N) is 1. The highest BCUT2D eigenvalue weighted by molar-refractivity contribution is 5.79. The molecule has 160 valence electrons. The Balaban J connectivity index is 2.08. The quantitative estimate of drug-likeness (QED) is 0.496. The lowest BCUT2D eigenvalue weighted by Crippen LogP contribution is -2.38. The van der Waals surface area contributed by atoms with E-state index in [1.54, 1.807) is 13.1 Å². The van der Waals surface area contributed by atoms with Crippen LogP contribution in [0.2, 0.25) is 0 Å². The number of likely N-dealkylation sites (N-methyl/N-ethyl adjacent to an activating group) is 1. The van der Waals surface area contributed by atoms with Crippen LogP contribution in [0.3, 0.4) is 0 Å². The molecule has 0 saturated heterocycles. The van der Waals surface area contributed by atoms with Gasteiger partial charge < -0.3 is 10.4 Å². The average molecular weight is 427 g/mol. The number of rotatable bonds is 6. The van der Waals surface area contributed by atoms with E-state index >= 15 is 4.39 Å². The van der Waals surface area contributed by atoms with E-state index in [0.717, 1.165) is 10.6 Å². The van der Waals surface area contributed by atoms with Gasteiger partial charge in [0.25, 0.3) is 0 Å². The van der Waals surface area contributed by atoms with Crippen molar-refractivity contribution in [1.82, 2.24) is 14.5 Å². The molecule has 0 unspecified atom stereocenters. The smallest absolute Gasteiger partial charge is 0.334 e. The van der Waals surface area contributed by atoms with Crippen molar-refractivity contribution in [3.63, 3.8) is 0 Å². The molecule has 31 heavy (non-hydrogen) atoms. The van der Waals surface area contributed by atoms with E-state index < -0.39 is 35.3 Å². The highest BCUT2D eigenvalue weighted by Crippen LogP contribution is 2.29. The van der Waals surface area contributed by atoms with Crippen molar-refractivity contribution >= 4 is 11.0 Å². The van der Waals surface area contributed by atoms with E-state index in [9.17, 15) is 18.7 Å². The van der Waals surface area contributed by atoms with Crippen molar-refractivity contribution in [3.05, 3.63) is 100 Å². The number of imidazole rings is 1. The fraction of sp³-hybridized carbons (Fsp3) is 0.174. The van der Waals surface area contributed by atoms with Gasteiger partial charge in [-0.1, -0.05) is 24.3 Å². The van der Waals surface area contributed by atoms with E-state index in [1.807, 2.05) is 0 Å². The summed E-state index contributed by atoms with van der Waals surface area (Å²) in [6.45, 7) is 0.0642. The molecule has 3 aromatic carbocycles. The molecule has 4 aromatic rings. The minimum absolute atomic E-state index is 0.0642. The van der Waals surface area contributed by atoms with Crippen LogP contribution in [0, 0.1) is 17.5 Å². The van der Waals surface area contributed by atoms with Gasteiger partial charge in [0.05, 0.1) is 23.3 Å². The molecule has 0 aliphatic carbocycles. The Bertz CT molecular complexity index is 1300. The molecule has 5 nitrogen and oxygen atoms in total. The maximum Gasteiger partial charge on any atom is 0.334 e. The first-order chi connectivity index (χ1) is 14.9. The Morgan fingerprint density at radius 3 is 2.32 bits per heavy atom. The van der Waals surface area contributed by atoms with Crippen LogP contribution >= 0.6 is 0 Å². The van der Waals surface area contributed by atoms with Gasteiger partial charge in [-0.3, -0.25) is 9.13 Å². The van der Waals surface area contributed by atoms with Gasteiger partial charge in [-0.05, 0) is 55.1 Å². The molecular weight excluding hydrogens is 407 g/mol. The van der Waals surface area contributed by atoms with Gasteiger partial charge in [-0.15, -0.1) is 0 Å². The van der Waals surface area contributed by atoms with Crippen molar-refractivity contribution in [3.8, 4) is 5.69 Å². The topological polar surface area (TPSA) is 59.2 Å². The average Bonchev–Trinajstić information content (AvgIpc) is 3.02. The maximum atomic E-state index is 15.0. The zero-order valence-electron chi connectivity index (χ0n) is 16.6. The summed E-state index contributed by atoms with van der Waals surface area (Å²) in [5.41, 5.74) is -0.0446. The summed E-state index contributed by atoms with van der Waals surface area (Å²) in [5.74, 6) is -1.80. The van der Waals surface area contributed by atoms with Crippen LogP contribution in [0.5, 0.6) is 0 Å². The summed E-state index contributed by atoms with van der Waals surface area (Å²) in [6.07, 6.45) is -1.18. The third-order valence-electron chi connectivity index (χ3n) is 5.16. The molecule has 2 atom stereocenters. The van der Waals surface area contributed by atoms with Crippen LogP contribution in [0.4, 0.5) is 13.2 Å². The lowest BCUT2D eigenvalue weighted by atomic mass is 10.0. The van der Waals surface area contributed by atoms with Gasteiger partial charge in [0.2, 0.25) is 0 Å². The number of halogens is 3. The normalized spacial score (nSPS) is 13.5. The van der Waals surface area contributed by atoms with Crippen LogP contribution in [0.25, 0.3) is 16.7 Å². The molecule has 0 bridgehead atoms. The monoisotopic (exact) mass is 427 g/mol. The number of para-hydroxylation sites is 1. The first kappa shape index (κ1) is 20.9. The second kappa shape index (κ2) is 8.41. The van der Waals surface area contributed by atoms with Gasteiger partial charge in [-0.25, -0.2) is 18.0 Å². The molecule has 0 fully saturated rings. The predicted molar refractivity (Wildman–Crippen MR) is 112 cm³/mol. The summed E-state index contributed by atoms with van der Waals surface area (Å²) in [7, 11) is 1.62. The number of hydrogen-bond donors (Lipinski definition) is 2. The largest absolute Gasteiger partial charge is 0.389 e. The van der Waals surface area contributed by atoms with E-state index in [-0.39, 0.29) is 23.3 Å². The molecular formula is C23H20F3N3O2. The van der Waals surface area contributed by atoms with E-state index in [4.69, 9.17) is 0 Å². The zero-order chi connectivity index (χ0) is 22.1. The zero-order valence-corrected chi connectivity index (χ0v) is 16.6. The van der Waals surface area contributed by atoms with Crippen LogP contribution in [-0.2, 0) is 0 Å². The minimum atomic E-state index is -1.18. The Kier molecular flexibility index (Phi) is 5.67. The summed E-state index contributed by atoms with van der Waals surface area (Å²) >= 11 is 0. The van der Waals surface area contributed by atoms with Crippen molar-refractivity contribution in [2.75, 3.05) is 13.6 Å². The summed E-state index contributed by atoms with van der Waals surface area (Å²) in [4.78, 5) is 13.6. The third kappa shape index (κ3) is 3.75. The molecule has 8 heteroatoms. The van der Waals surface area contributed by atoms with Crippen LogP contribution in [-0.4, -0.2) is 33.9 Å². The SMILES string of the molecule is CNC[C@H](O)[C@H](c1cccc(F)c1)n1c(=O)n(-c2cccc(F)c2)c2cccc(F)c21. The van der Waals surface area contributed by atoms with Crippen molar-refractivity contribution in [2.24, 2.45) is 0 Å². The van der Waals surface area contributed by atoms with E-state index in [1.165, 1.54) is 59.2 Å². The molecule has 0 amide bonds. The standard InChI is InChI=1S/C23H20F3N3O2/c1-27-13-20(30)21(14-5-2-6-15(24)11-14)29-22-18(26)9-4-10-19(22)28(23(29)31)17-8-3-7-16(25)12-17/h2-12,20-21,27,30H,13H2,1H3/t20-,21-/m0/s1. The molecule has 1 aromatic heterocycles. The molecule has 4 rings (SSSR count). The maximum absolute atomic E-state index is 15.0. The molecule has 0 radical (unpaired) electrons. The number of nitrogens with zero attached hydrogens (tertiary/aromatic N) is 2. The van der Waals surface area contributed by atoms with Crippen molar-refractivity contribution in [2.45, 2.75) is 12.1 Å². The van der Waals surface area contributed by atoms with E-state index in [0.29, 0.717) is 5.56 Å². The van der Waals surface area contributed by atoms with E-state index in [2.05, 4.69) is 5.32 Å². The third-order valence-corrected chi connectivity index (χ3v) is 5.16. The Morgan fingerprint density at radius 1 is 0.968 bits per heavy atom. The molecule has 0 saturated carbocycles. The molecule has 2 N–H and O–H groups in total. The van der Waals surface area contributed by atoms with Gasteiger partial charge in [-0.2, -0.15) is 0 Å². The summed E-state index contributed by atoms with van der Waals surface area (Å²) in [6, 6.07) is 13.9. The van der Waals surface area contributed by atoms with Crippen LogP contribution < -0.4 is 11.0 Å². The highest BCUT2D eigenvalue weighted by atomic mass is 19.1. The second-order valence-electron chi connectivity index (χ2n) is 7.20. The van der Waals surface area contributed by atoms with Crippen LogP contribution in [0.15, 0.2) is 71.5 Å². The first-order valence-corrected chi connectivity index (χ1v) is 9.68. The van der Waals surface area contributed by atoms with Gasteiger partial charge >= 0.3 is 5.69 Å². The molecule has 0 aliphatic rings. The lowest BCUT2D eigenvalue weighted by Gasteiger charge is -2.25. The Labute approximate surface area is 176 Å². The number of aliphatic hydroxyl groups is 1. The Hall–Kier alpha value is -3.36. The second-order valence-corrected chi connectivity index (χ2v) is 7.20. The van der Waals surface area contributed by atoms with Gasteiger partial charge in [0.1, 0.15) is 23.0 Å². The lowest BCUT2D eigenvalue weighted by molar-refractivity contribution is 0.130. The number of hydrogen-bond acceptors (Lipinski definition) is 3. The fourth-order valence-corrected chi connectivity index (χ4v) is 3.91. The van der Waals surface area contributed by atoms with Crippen molar-refractivity contribution in [1.29, 1.82) is 0 Å². The predicted octanol–water partition coefficient (Wildman–Crippen LogP) is 3.38. The minimum Gasteiger partial charge on any atom is -0.389 e. The number of aliphatic hydroxyl groups excluding tert-OH is 1. The van der Waals surface area contributed by atoms with Crippen LogP contribution in [0.1, 0.15) is 11.6 Å². The number of fused-ring (bicyclic) bond motifs is 1. The molecule has 0 spiro atoms. The summed E-state index contributed by atoms with van der Waals surface area (Å²) < 4.78 is 45.2. The van der Waals surface area contributed by atoms with Gasteiger partial charge in [0.15, 0.2) is 0 Å². The summed E-state index contributed by atoms with van der Waals surface area (Å²) in [5, 5.41) is 13.7. The molecule has 1 heterocycles. The number of aromatic nitrogens is 2. The first-order valence-electron chi connectivity index (χ1n) is 9.68. The van der Waals surface area contributed by atoms with Gasteiger partial charge in [0, 0.05) is 6.54 Å². The van der Waals surface area contributed by atoms with Crippen molar-refractivity contribution < 1.29 is 18.3 Å².